The molecule has 3 nitrogen and oxygen atoms in total. The summed E-state index contributed by atoms with van der Waals surface area (Å²) in [5.41, 5.74) is 4.44. The van der Waals surface area contributed by atoms with Crippen LogP contribution in [-0.4, -0.2) is 25.8 Å². The molecule has 0 radical (unpaired) electrons. The number of aryl methyl sites for hydroxylation is 1. The van der Waals surface area contributed by atoms with Crippen molar-refractivity contribution in [3.8, 4) is 0 Å². The maximum Gasteiger partial charge on any atom is 0.243 e. The van der Waals surface area contributed by atoms with Crippen LogP contribution in [0.5, 0.6) is 0 Å². The summed E-state index contributed by atoms with van der Waals surface area (Å²) in [5.74, 6) is 0.249. The van der Waals surface area contributed by atoms with Gasteiger partial charge in [-0.05, 0) is 54.5 Å². The Kier molecular flexibility index (Phi) is 6.59. The van der Waals surface area contributed by atoms with Gasteiger partial charge in [0.1, 0.15) is 0 Å². The van der Waals surface area contributed by atoms with Gasteiger partial charge >= 0.3 is 0 Å². The molecular weight excluding hydrogens is 450 g/mol. The second-order valence-electron chi connectivity index (χ2n) is 9.40. The molecule has 0 amide bonds. The average Bonchev–Trinajstić information content (AvgIpc) is 2.92. The Bertz CT molecular complexity index is 1250. The fourth-order valence-electron chi connectivity index (χ4n) is 5.70. The lowest BCUT2D eigenvalue weighted by molar-refractivity contribution is 0.221. The van der Waals surface area contributed by atoms with Gasteiger partial charge in [-0.25, -0.2) is 8.42 Å². The molecule has 35 heavy (non-hydrogen) atoms. The van der Waals surface area contributed by atoms with Crippen molar-refractivity contribution in [3.63, 3.8) is 0 Å². The maximum atomic E-state index is 13.4. The van der Waals surface area contributed by atoms with Crippen LogP contribution in [0.1, 0.15) is 35.1 Å². The normalized spacial score (nSPS) is 15.7. The zero-order valence-corrected chi connectivity index (χ0v) is 20.9. The van der Waals surface area contributed by atoms with Crippen molar-refractivity contribution in [2.24, 2.45) is 5.92 Å². The maximum absolute atomic E-state index is 13.4. The zero-order chi connectivity index (χ0) is 24.3. The van der Waals surface area contributed by atoms with Gasteiger partial charge in [-0.15, -0.1) is 0 Å². The molecular formula is C31H31NO2S. The minimum Gasteiger partial charge on any atom is -0.207 e. The van der Waals surface area contributed by atoms with E-state index >= 15 is 0 Å². The van der Waals surface area contributed by atoms with Crippen molar-refractivity contribution in [2.75, 3.05) is 13.1 Å². The number of rotatable bonds is 6. The van der Waals surface area contributed by atoms with E-state index in [-0.39, 0.29) is 11.3 Å². The molecule has 0 atom stereocenters. The smallest absolute Gasteiger partial charge is 0.207 e. The van der Waals surface area contributed by atoms with E-state index in [0.29, 0.717) is 18.0 Å². The third-order valence-electron chi connectivity index (χ3n) is 7.41. The van der Waals surface area contributed by atoms with Crippen LogP contribution >= 0.6 is 0 Å². The van der Waals surface area contributed by atoms with E-state index in [4.69, 9.17) is 0 Å². The molecule has 0 bridgehead atoms. The summed E-state index contributed by atoms with van der Waals surface area (Å²) in [7, 11) is -3.51. The first kappa shape index (κ1) is 23.5. The SMILES string of the molecule is Cc1ccc(S(=O)(=O)N2CCC(C(c3ccccc3)(c3ccccc3)c3ccccc3)CC2)cc1. The minimum absolute atomic E-state index is 0.249. The molecule has 1 aliphatic rings. The molecule has 1 saturated heterocycles. The van der Waals surface area contributed by atoms with Crippen molar-refractivity contribution in [2.45, 2.75) is 30.1 Å². The quantitative estimate of drug-likeness (QED) is 0.298. The number of nitrogens with zero attached hydrogens (tertiary/aromatic N) is 1. The van der Waals surface area contributed by atoms with Gasteiger partial charge in [-0.1, -0.05) is 109 Å². The summed E-state index contributed by atoms with van der Waals surface area (Å²) in [6.07, 6.45) is 1.56. The third kappa shape index (κ3) is 4.33. The lowest BCUT2D eigenvalue weighted by Gasteiger charge is -2.46. The first-order chi connectivity index (χ1) is 17.0. The summed E-state index contributed by atoms with van der Waals surface area (Å²) < 4.78 is 28.4. The number of hydrogen-bond donors (Lipinski definition) is 0. The fourth-order valence-corrected chi connectivity index (χ4v) is 7.17. The molecule has 1 heterocycles. The van der Waals surface area contributed by atoms with Gasteiger partial charge in [0.25, 0.3) is 0 Å². The Morgan fingerprint density at radius 2 is 1.03 bits per heavy atom. The van der Waals surface area contributed by atoms with E-state index in [1.165, 1.54) is 16.7 Å². The fraction of sp³-hybridized carbons (Fsp3) is 0.226. The highest BCUT2D eigenvalue weighted by Gasteiger charge is 2.45. The predicted molar refractivity (Wildman–Crippen MR) is 142 cm³/mol. The highest BCUT2D eigenvalue weighted by Crippen LogP contribution is 2.49. The molecule has 4 aromatic carbocycles. The lowest BCUT2D eigenvalue weighted by Crippen LogP contribution is -2.46. The van der Waals surface area contributed by atoms with E-state index < -0.39 is 10.0 Å². The standard InChI is InChI=1S/C31H31NO2S/c1-25-17-19-30(20-18-25)35(33,34)32-23-21-29(22-24-32)31(26-11-5-2-6-12-26,27-13-7-3-8-14-27)28-15-9-4-10-16-28/h2-20,29H,21-24H2,1H3. The molecule has 0 N–H and O–H groups in total. The first-order valence-corrected chi connectivity index (χ1v) is 13.7. The van der Waals surface area contributed by atoms with Gasteiger partial charge < -0.3 is 0 Å². The van der Waals surface area contributed by atoms with Crippen molar-refractivity contribution < 1.29 is 8.42 Å². The van der Waals surface area contributed by atoms with Crippen molar-refractivity contribution in [3.05, 3.63) is 138 Å². The Morgan fingerprint density at radius 1 is 0.629 bits per heavy atom. The highest BCUT2D eigenvalue weighted by atomic mass is 32.2. The number of sulfonamides is 1. The Labute approximate surface area is 209 Å². The molecule has 0 unspecified atom stereocenters. The topological polar surface area (TPSA) is 37.4 Å². The van der Waals surface area contributed by atoms with Crippen LogP contribution in [-0.2, 0) is 15.4 Å². The summed E-state index contributed by atoms with van der Waals surface area (Å²) in [6, 6.07) is 39.3. The molecule has 1 fully saturated rings. The number of benzene rings is 4. The second kappa shape index (κ2) is 9.80. The molecule has 4 aromatic rings. The van der Waals surface area contributed by atoms with E-state index in [1.807, 2.05) is 19.1 Å². The van der Waals surface area contributed by atoms with Crippen LogP contribution in [0.2, 0.25) is 0 Å². The van der Waals surface area contributed by atoms with E-state index in [0.717, 1.165) is 18.4 Å². The van der Waals surface area contributed by atoms with Crippen molar-refractivity contribution in [1.29, 1.82) is 0 Å². The van der Waals surface area contributed by atoms with Gasteiger partial charge in [-0.2, -0.15) is 4.31 Å². The van der Waals surface area contributed by atoms with Crippen LogP contribution in [0.3, 0.4) is 0 Å². The van der Waals surface area contributed by atoms with Crippen LogP contribution in [0.15, 0.2) is 120 Å². The first-order valence-electron chi connectivity index (χ1n) is 12.3. The number of piperidine rings is 1. The second-order valence-corrected chi connectivity index (χ2v) is 11.3. The molecule has 178 valence electrons. The largest absolute Gasteiger partial charge is 0.243 e. The molecule has 0 aliphatic carbocycles. The highest BCUT2D eigenvalue weighted by molar-refractivity contribution is 7.89. The van der Waals surface area contributed by atoms with Crippen molar-refractivity contribution >= 4 is 10.0 Å². The van der Waals surface area contributed by atoms with Crippen LogP contribution < -0.4 is 0 Å². The van der Waals surface area contributed by atoms with Crippen LogP contribution in [0.25, 0.3) is 0 Å². The van der Waals surface area contributed by atoms with Crippen molar-refractivity contribution in [1.82, 2.24) is 4.31 Å². The summed E-state index contributed by atoms with van der Waals surface area (Å²) in [5, 5.41) is 0. The van der Waals surface area contributed by atoms with Crippen LogP contribution in [0, 0.1) is 12.8 Å². The van der Waals surface area contributed by atoms with Gasteiger partial charge in [-0.3, -0.25) is 0 Å². The van der Waals surface area contributed by atoms with E-state index in [1.54, 1.807) is 16.4 Å². The Hall–Kier alpha value is -3.21. The van der Waals surface area contributed by atoms with Gasteiger partial charge in [0.05, 0.1) is 4.90 Å². The summed E-state index contributed by atoms with van der Waals surface area (Å²) in [6.45, 7) is 2.99. The van der Waals surface area contributed by atoms with Gasteiger partial charge in [0.2, 0.25) is 10.0 Å². The molecule has 0 spiro atoms. The van der Waals surface area contributed by atoms with E-state index in [2.05, 4.69) is 91.0 Å². The summed E-state index contributed by atoms with van der Waals surface area (Å²) in [4.78, 5) is 0.377. The van der Waals surface area contributed by atoms with E-state index in [9.17, 15) is 8.42 Å². The average molecular weight is 482 g/mol. The zero-order valence-electron chi connectivity index (χ0n) is 20.0. The lowest BCUT2D eigenvalue weighted by atomic mass is 9.59. The van der Waals surface area contributed by atoms with Gasteiger partial charge in [0.15, 0.2) is 0 Å². The molecule has 0 saturated carbocycles. The summed E-state index contributed by atoms with van der Waals surface area (Å²) >= 11 is 0. The Balaban J connectivity index is 1.56. The molecule has 4 heteroatoms. The van der Waals surface area contributed by atoms with Crippen LogP contribution in [0.4, 0.5) is 0 Å². The third-order valence-corrected chi connectivity index (χ3v) is 9.33. The molecule has 5 rings (SSSR count). The molecule has 1 aliphatic heterocycles. The number of hydrogen-bond acceptors (Lipinski definition) is 2. The monoisotopic (exact) mass is 481 g/mol. The minimum atomic E-state index is -3.51. The van der Waals surface area contributed by atoms with Gasteiger partial charge in [0, 0.05) is 18.5 Å². The Morgan fingerprint density at radius 3 is 1.43 bits per heavy atom. The molecule has 0 aromatic heterocycles. The predicted octanol–water partition coefficient (Wildman–Crippen LogP) is 6.43.